The summed E-state index contributed by atoms with van der Waals surface area (Å²) in [7, 11) is 1.28. The van der Waals surface area contributed by atoms with Crippen LogP contribution >= 0.6 is 0 Å². The molecule has 0 saturated carbocycles. The van der Waals surface area contributed by atoms with E-state index in [0.717, 1.165) is 30.8 Å². The van der Waals surface area contributed by atoms with Gasteiger partial charge in [0.15, 0.2) is 11.5 Å². The number of anilines is 2. The highest BCUT2D eigenvalue weighted by molar-refractivity contribution is 5.75. The molecule has 0 unspecified atom stereocenters. The molecule has 1 N–H and O–H groups in total. The fourth-order valence-corrected chi connectivity index (χ4v) is 4.09. The van der Waals surface area contributed by atoms with Gasteiger partial charge in [-0.15, -0.1) is 5.10 Å². The van der Waals surface area contributed by atoms with Crippen molar-refractivity contribution in [3.05, 3.63) is 54.0 Å². The number of halogens is 1. The van der Waals surface area contributed by atoms with Gasteiger partial charge >= 0.3 is 6.09 Å². The molecule has 1 aliphatic heterocycles. The van der Waals surface area contributed by atoms with Gasteiger partial charge < -0.3 is 15.0 Å². The predicted molar refractivity (Wildman–Crippen MR) is 117 cm³/mol. The Labute approximate surface area is 184 Å². The van der Waals surface area contributed by atoms with Crippen molar-refractivity contribution in [3.63, 3.8) is 0 Å². The second-order valence-electron chi connectivity index (χ2n) is 7.78. The first-order valence-electron chi connectivity index (χ1n) is 10.4. The van der Waals surface area contributed by atoms with Crippen LogP contribution in [0.4, 0.5) is 20.8 Å². The Morgan fingerprint density at radius 3 is 3.00 bits per heavy atom. The van der Waals surface area contributed by atoms with Gasteiger partial charge in [0.1, 0.15) is 11.6 Å². The molecule has 0 bridgehead atoms. The summed E-state index contributed by atoms with van der Waals surface area (Å²) in [6, 6.07) is 10.0. The Kier molecular flexibility index (Phi) is 6.20. The van der Waals surface area contributed by atoms with E-state index in [1.54, 1.807) is 29.8 Å². The Hall–Kier alpha value is -3.69. The predicted octanol–water partition coefficient (Wildman–Crippen LogP) is 2.92. The smallest absolute Gasteiger partial charge is 0.407 e. The summed E-state index contributed by atoms with van der Waals surface area (Å²) < 4.78 is 20.0. The van der Waals surface area contributed by atoms with Gasteiger partial charge in [0, 0.05) is 19.1 Å². The van der Waals surface area contributed by atoms with Crippen LogP contribution in [0.15, 0.2) is 42.6 Å². The molecule has 0 radical (unpaired) electrons. The molecule has 2 aromatic heterocycles. The van der Waals surface area contributed by atoms with Gasteiger partial charge in [0.05, 0.1) is 19.3 Å². The average molecular weight is 440 g/mol. The van der Waals surface area contributed by atoms with Crippen LogP contribution in [0.5, 0.6) is 0 Å². The normalized spacial score (nSPS) is 16.7. The molecule has 10 heteroatoms. The number of rotatable bonds is 7. The third kappa shape index (κ3) is 4.34. The van der Waals surface area contributed by atoms with Crippen LogP contribution in [0.1, 0.15) is 31.4 Å². The average Bonchev–Trinajstić information content (AvgIpc) is 3.44. The molecule has 1 aliphatic rings. The van der Waals surface area contributed by atoms with E-state index in [9.17, 15) is 14.0 Å². The van der Waals surface area contributed by atoms with Gasteiger partial charge in [-0.1, -0.05) is 12.1 Å². The van der Waals surface area contributed by atoms with Crippen molar-refractivity contribution in [2.75, 3.05) is 30.0 Å². The van der Waals surface area contributed by atoms with E-state index in [-0.39, 0.29) is 24.4 Å². The molecule has 1 fully saturated rings. The fraction of sp³-hybridized carbons (Fsp3) is 0.364. The minimum absolute atomic E-state index is 0.0223. The summed E-state index contributed by atoms with van der Waals surface area (Å²) in [6.07, 6.45) is 3.55. The molecule has 32 heavy (non-hydrogen) atoms. The number of nitrogens with zero attached hydrogens (tertiary/aromatic N) is 5. The number of methoxy groups -OCH3 is 1. The van der Waals surface area contributed by atoms with Crippen LogP contribution in [0.2, 0.25) is 0 Å². The molecule has 2 amide bonds. The lowest BCUT2D eigenvalue weighted by Gasteiger charge is -2.26. The molecule has 0 spiro atoms. The summed E-state index contributed by atoms with van der Waals surface area (Å²) in [6.45, 7) is 2.78. The summed E-state index contributed by atoms with van der Waals surface area (Å²) in [5, 5.41) is 7.38. The Morgan fingerprint density at radius 1 is 1.41 bits per heavy atom. The molecule has 1 aromatic carbocycles. The van der Waals surface area contributed by atoms with E-state index in [0.29, 0.717) is 17.9 Å². The molecule has 4 rings (SSSR count). The third-order valence-electron chi connectivity index (χ3n) is 5.55. The zero-order valence-electron chi connectivity index (χ0n) is 17.9. The molecule has 3 aromatic rings. The van der Waals surface area contributed by atoms with Crippen molar-refractivity contribution in [2.24, 2.45) is 0 Å². The van der Waals surface area contributed by atoms with E-state index in [1.807, 2.05) is 18.2 Å². The van der Waals surface area contributed by atoms with Crippen LogP contribution in [0.25, 0.3) is 5.65 Å². The summed E-state index contributed by atoms with van der Waals surface area (Å²) in [5.41, 5.74) is 1.50. The number of alkyl carbamates (subject to hydrolysis) is 1. The summed E-state index contributed by atoms with van der Waals surface area (Å²) in [5.74, 6) is 0.943. The second-order valence-corrected chi connectivity index (χ2v) is 7.78. The van der Waals surface area contributed by atoms with Crippen molar-refractivity contribution in [2.45, 2.75) is 31.8 Å². The zero-order valence-corrected chi connectivity index (χ0v) is 17.9. The lowest BCUT2D eigenvalue weighted by Crippen LogP contribution is -2.42. The van der Waals surface area contributed by atoms with Crippen molar-refractivity contribution < 1.29 is 18.7 Å². The van der Waals surface area contributed by atoms with E-state index in [4.69, 9.17) is 5.10 Å². The van der Waals surface area contributed by atoms with Crippen LogP contribution in [0, 0.1) is 5.82 Å². The Bertz CT molecular complexity index is 1120. The van der Waals surface area contributed by atoms with Crippen molar-refractivity contribution in [3.8, 4) is 0 Å². The van der Waals surface area contributed by atoms with E-state index in [1.165, 1.54) is 18.1 Å². The number of carbonyl (C=O) groups is 2. The Balaban J connectivity index is 1.62. The highest BCUT2D eigenvalue weighted by Crippen LogP contribution is 2.35. The molecular formula is C22H25FN6O3. The van der Waals surface area contributed by atoms with Gasteiger partial charge in [-0.3, -0.25) is 9.69 Å². The topological polar surface area (TPSA) is 92.1 Å². The largest absolute Gasteiger partial charge is 0.453 e. The van der Waals surface area contributed by atoms with Gasteiger partial charge in [0.2, 0.25) is 6.41 Å². The van der Waals surface area contributed by atoms with Gasteiger partial charge in [-0.05, 0) is 49.6 Å². The molecule has 2 atom stereocenters. The van der Waals surface area contributed by atoms with E-state index in [2.05, 4.69) is 19.9 Å². The molecule has 0 aliphatic carbocycles. The first-order valence-corrected chi connectivity index (χ1v) is 10.4. The first-order chi connectivity index (χ1) is 15.5. The van der Waals surface area contributed by atoms with Crippen LogP contribution < -0.4 is 15.1 Å². The zero-order chi connectivity index (χ0) is 22.7. The summed E-state index contributed by atoms with van der Waals surface area (Å²) >= 11 is 0. The van der Waals surface area contributed by atoms with Crippen molar-refractivity contribution >= 4 is 29.8 Å². The first kappa shape index (κ1) is 21.5. The second kappa shape index (κ2) is 9.21. The molecular weight excluding hydrogens is 415 g/mol. The minimum Gasteiger partial charge on any atom is -0.453 e. The third-order valence-corrected chi connectivity index (χ3v) is 5.55. The van der Waals surface area contributed by atoms with Crippen molar-refractivity contribution in [1.29, 1.82) is 0 Å². The molecule has 168 valence electrons. The number of benzene rings is 1. The van der Waals surface area contributed by atoms with Crippen LogP contribution in [0.3, 0.4) is 0 Å². The number of nitrogens with one attached hydrogen (secondary N) is 1. The highest BCUT2D eigenvalue weighted by Gasteiger charge is 2.28. The summed E-state index contributed by atoms with van der Waals surface area (Å²) in [4.78, 5) is 31.2. The molecule has 3 heterocycles. The number of carbonyl (C=O) groups excluding carboxylic acids is 2. The van der Waals surface area contributed by atoms with Crippen molar-refractivity contribution in [1.82, 2.24) is 19.9 Å². The number of imidazole rings is 1. The number of hydrogen-bond donors (Lipinski definition) is 1. The van der Waals surface area contributed by atoms with Gasteiger partial charge in [0.25, 0.3) is 0 Å². The van der Waals surface area contributed by atoms with Crippen LogP contribution in [-0.2, 0) is 9.53 Å². The number of amides is 2. The maximum atomic E-state index is 13.8. The minimum atomic E-state index is -0.570. The fourth-order valence-electron chi connectivity index (χ4n) is 4.09. The molecule has 1 saturated heterocycles. The van der Waals surface area contributed by atoms with Gasteiger partial charge in [-0.2, -0.15) is 4.52 Å². The molecule has 9 nitrogen and oxygen atoms in total. The number of aromatic nitrogens is 3. The standard InChI is InChI=1S/C22H25FN6O3/c1-15(25-22(31)32-2)13-27(14-30)21-12-24-19-8-9-20(26-29(19)21)28-10-4-7-18(28)16-5-3-6-17(23)11-16/h3,5-6,8-9,11-12,14-15,18H,4,7,10,13H2,1-2H3,(H,25,31)/t15-,18+/m0/s1. The quantitative estimate of drug-likeness (QED) is 0.568. The van der Waals surface area contributed by atoms with E-state index < -0.39 is 6.09 Å². The maximum absolute atomic E-state index is 13.8. The number of hydrogen-bond acceptors (Lipinski definition) is 6. The van der Waals surface area contributed by atoms with E-state index >= 15 is 0 Å². The van der Waals surface area contributed by atoms with Gasteiger partial charge in [-0.25, -0.2) is 14.2 Å². The number of fused-ring (bicyclic) bond motifs is 1. The highest BCUT2D eigenvalue weighted by atomic mass is 19.1. The van der Waals surface area contributed by atoms with Crippen LogP contribution in [-0.4, -0.2) is 53.3 Å². The lowest BCUT2D eigenvalue weighted by atomic mass is 10.0. The maximum Gasteiger partial charge on any atom is 0.407 e. The monoisotopic (exact) mass is 440 g/mol. The number of ether oxygens (including phenoxy) is 1. The lowest BCUT2D eigenvalue weighted by molar-refractivity contribution is -0.107. The Morgan fingerprint density at radius 2 is 2.25 bits per heavy atom. The SMILES string of the molecule is COC(=O)N[C@@H](C)CN(C=O)c1cnc2ccc(N3CCC[C@@H]3c3cccc(F)c3)nn12.